The molecule has 0 saturated heterocycles. The fraction of sp³-hybridized carbons (Fsp3) is 0.273. The topological polar surface area (TPSA) is 68.6 Å². The molecule has 0 aliphatic carbocycles. The van der Waals surface area contributed by atoms with E-state index in [4.69, 9.17) is 10.00 Å². The van der Waals surface area contributed by atoms with E-state index < -0.39 is 29.4 Å². The lowest BCUT2D eigenvalue weighted by atomic mass is 10.1. The molecular formula is C11H8F3NO4. The molecule has 19 heavy (non-hydrogen) atoms. The van der Waals surface area contributed by atoms with Gasteiger partial charge in [0.15, 0.2) is 11.5 Å². The highest BCUT2D eigenvalue weighted by Crippen LogP contribution is 2.36. The minimum absolute atomic E-state index is 0.212. The van der Waals surface area contributed by atoms with Gasteiger partial charge in [0.05, 0.1) is 19.8 Å². The number of hydrogen-bond acceptors (Lipinski definition) is 5. The molecule has 0 aliphatic heterocycles. The van der Waals surface area contributed by atoms with E-state index in [1.54, 1.807) is 6.07 Å². The second kappa shape index (κ2) is 5.48. The number of methoxy groups -OCH3 is 2. The molecular weight excluding hydrogens is 267 g/mol. The van der Waals surface area contributed by atoms with Crippen molar-refractivity contribution in [2.75, 3.05) is 14.2 Å². The van der Waals surface area contributed by atoms with Crippen LogP contribution in [0.5, 0.6) is 11.5 Å². The Morgan fingerprint density at radius 2 is 1.95 bits per heavy atom. The van der Waals surface area contributed by atoms with Crippen LogP contribution in [0, 0.1) is 11.3 Å². The first-order valence-corrected chi connectivity index (χ1v) is 4.79. The molecule has 0 aliphatic rings. The molecule has 0 saturated carbocycles. The molecule has 0 bridgehead atoms. The normalized spacial score (nSPS) is 10.5. The van der Waals surface area contributed by atoms with E-state index in [1.165, 1.54) is 0 Å². The number of halogens is 3. The van der Waals surface area contributed by atoms with Crippen LogP contribution in [0.4, 0.5) is 13.2 Å². The molecule has 0 atom stereocenters. The highest BCUT2D eigenvalue weighted by Gasteiger charge is 2.34. The van der Waals surface area contributed by atoms with Crippen molar-refractivity contribution in [1.82, 2.24) is 0 Å². The lowest BCUT2D eigenvalue weighted by Gasteiger charge is -2.14. The number of alkyl halides is 3. The Bertz CT molecular complexity index is 534. The maximum Gasteiger partial charge on any atom is 0.573 e. The van der Waals surface area contributed by atoms with Crippen LogP contribution in [0.25, 0.3) is 0 Å². The van der Waals surface area contributed by atoms with E-state index in [1.807, 2.05) is 0 Å². The van der Waals surface area contributed by atoms with Gasteiger partial charge in [-0.3, -0.25) is 0 Å². The zero-order valence-corrected chi connectivity index (χ0v) is 9.87. The lowest BCUT2D eigenvalue weighted by molar-refractivity contribution is -0.275. The first kappa shape index (κ1) is 14.6. The average molecular weight is 275 g/mol. The van der Waals surface area contributed by atoms with E-state index in [0.29, 0.717) is 0 Å². The van der Waals surface area contributed by atoms with Gasteiger partial charge in [-0.15, -0.1) is 13.2 Å². The quantitative estimate of drug-likeness (QED) is 0.791. The van der Waals surface area contributed by atoms with Gasteiger partial charge in [-0.25, -0.2) is 4.79 Å². The van der Waals surface area contributed by atoms with Crippen LogP contribution in [0.1, 0.15) is 15.9 Å². The third kappa shape index (κ3) is 3.28. The van der Waals surface area contributed by atoms with Gasteiger partial charge in [0.1, 0.15) is 11.6 Å². The van der Waals surface area contributed by atoms with Crippen LogP contribution in [0.15, 0.2) is 12.1 Å². The van der Waals surface area contributed by atoms with Crippen LogP contribution < -0.4 is 9.47 Å². The zero-order chi connectivity index (χ0) is 14.6. The predicted octanol–water partition coefficient (Wildman–Crippen LogP) is 2.25. The molecule has 5 nitrogen and oxygen atoms in total. The summed E-state index contributed by atoms with van der Waals surface area (Å²) in [5, 5.41) is 8.92. The van der Waals surface area contributed by atoms with Gasteiger partial charge in [0.25, 0.3) is 0 Å². The van der Waals surface area contributed by atoms with E-state index in [0.717, 1.165) is 26.4 Å². The number of nitriles is 1. The summed E-state index contributed by atoms with van der Waals surface area (Å²) in [5.74, 6) is -2.06. The zero-order valence-electron chi connectivity index (χ0n) is 9.87. The second-order valence-electron chi connectivity index (χ2n) is 3.17. The third-order valence-electron chi connectivity index (χ3n) is 2.07. The summed E-state index contributed by atoms with van der Waals surface area (Å²) in [6, 6.07) is 3.45. The van der Waals surface area contributed by atoms with Gasteiger partial charge < -0.3 is 14.2 Å². The summed E-state index contributed by atoms with van der Waals surface area (Å²) in [6.45, 7) is 0. The van der Waals surface area contributed by atoms with Crippen molar-refractivity contribution in [3.8, 4) is 17.6 Å². The van der Waals surface area contributed by atoms with Gasteiger partial charge in [0.2, 0.25) is 0 Å². The van der Waals surface area contributed by atoms with Crippen molar-refractivity contribution >= 4 is 5.97 Å². The predicted molar refractivity (Wildman–Crippen MR) is 55.7 cm³/mol. The van der Waals surface area contributed by atoms with Gasteiger partial charge in [-0.2, -0.15) is 5.26 Å². The lowest BCUT2D eigenvalue weighted by Crippen LogP contribution is -2.18. The Kier molecular flexibility index (Phi) is 4.22. The third-order valence-corrected chi connectivity index (χ3v) is 2.07. The molecule has 0 fully saturated rings. The van der Waals surface area contributed by atoms with Crippen LogP contribution >= 0.6 is 0 Å². The van der Waals surface area contributed by atoms with Crippen molar-refractivity contribution in [2.24, 2.45) is 0 Å². The summed E-state index contributed by atoms with van der Waals surface area (Å²) >= 11 is 0. The Hall–Kier alpha value is -2.43. The minimum Gasteiger partial charge on any atom is -0.492 e. The molecule has 0 spiro atoms. The van der Waals surface area contributed by atoms with Crippen LogP contribution in [-0.2, 0) is 4.74 Å². The van der Waals surface area contributed by atoms with Crippen molar-refractivity contribution in [3.05, 3.63) is 23.3 Å². The van der Waals surface area contributed by atoms with E-state index in [2.05, 4.69) is 9.47 Å². The number of benzene rings is 1. The van der Waals surface area contributed by atoms with E-state index in [-0.39, 0.29) is 5.56 Å². The summed E-state index contributed by atoms with van der Waals surface area (Å²) in [4.78, 5) is 11.4. The van der Waals surface area contributed by atoms with E-state index >= 15 is 0 Å². The number of nitrogens with zero attached hydrogens (tertiary/aromatic N) is 1. The SMILES string of the molecule is COC(=O)c1ccc(OC(F)(F)F)c(OC)c1C#N. The molecule has 1 aromatic rings. The smallest absolute Gasteiger partial charge is 0.492 e. The maximum atomic E-state index is 12.2. The Morgan fingerprint density at radius 1 is 1.32 bits per heavy atom. The first-order chi connectivity index (χ1) is 8.84. The molecule has 0 N–H and O–H groups in total. The molecule has 1 rings (SSSR count). The van der Waals surface area contributed by atoms with E-state index in [9.17, 15) is 18.0 Å². The highest BCUT2D eigenvalue weighted by atomic mass is 19.4. The Morgan fingerprint density at radius 3 is 2.37 bits per heavy atom. The van der Waals surface area contributed by atoms with Crippen LogP contribution in [0.3, 0.4) is 0 Å². The van der Waals surface area contributed by atoms with Crippen molar-refractivity contribution in [2.45, 2.75) is 6.36 Å². The molecule has 0 aromatic heterocycles. The largest absolute Gasteiger partial charge is 0.573 e. The van der Waals surface area contributed by atoms with Crippen LogP contribution in [-0.4, -0.2) is 26.6 Å². The summed E-state index contributed by atoms with van der Waals surface area (Å²) in [5.41, 5.74) is -0.604. The summed E-state index contributed by atoms with van der Waals surface area (Å²) in [6.07, 6.45) is -4.94. The first-order valence-electron chi connectivity index (χ1n) is 4.79. The average Bonchev–Trinajstić information content (AvgIpc) is 2.35. The summed E-state index contributed by atoms with van der Waals surface area (Å²) in [7, 11) is 2.14. The number of rotatable bonds is 3. The minimum atomic E-state index is -4.94. The monoisotopic (exact) mass is 275 g/mol. The number of ether oxygens (including phenoxy) is 3. The standard InChI is InChI=1S/C11H8F3NO4/c1-17-9-7(5-15)6(10(16)18-2)3-4-8(9)19-11(12,13)14/h3-4H,1-2H3. The van der Waals surface area contributed by atoms with Crippen molar-refractivity contribution in [1.29, 1.82) is 5.26 Å². The fourth-order valence-electron chi connectivity index (χ4n) is 1.36. The van der Waals surface area contributed by atoms with Crippen molar-refractivity contribution < 1.29 is 32.2 Å². The molecule has 1 aromatic carbocycles. The van der Waals surface area contributed by atoms with Gasteiger partial charge >= 0.3 is 12.3 Å². The molecule has 8 heteroatoms. The molecule has 0 unspecified atom stereocenters. The fourth-order valence-corrected chi connectivity index (χ4v) is 1.36. The van der Waals surface area contributed by atoms with Gasteiger partial charge in [-0.1, -0.05) is 0 Å². The molecule has 0 radical (unpaired) electrons. The number of esters is 1. The number of carbonyl (C=O) groups excluding carboxylic acids is 1. The molecule has 102 valence electrons. The van der Waals surface area contributed by atoms with Gasteiger partial charge in [-0.05, 0) is 12.1 Å². The number of carbonyl (C=O) groups is 1. The Balaban J connectivity index is 3.40. The number of hydrogen-bond donors (Lipinski definition) is 0. The van der Waals surface area contributed by atoms with Crippen LogP contribution in [0.2, 0.25) is 0 Å². The van der Waals surface area contributed by atoms with Crippen molar-refractivity contribution in [3.63, 3.8) is 0 Å². The Labute approximate surface area is 106 Å². The highest BCUT2D eigenvalue weighted by molar-refractivity contribution is 5.93. The van der Waals surface area contributed by atoms with Gasteiger partial charge in [0, 0.05) is 0 Å². The second-order valence-corrected chi connectivity index (χ2v) is 3.17. The maximum absolute atomic E-state index is 12.2. The molecule has 0 amide bonds. The summed E-state index contributed by atoms with van der Waals surface area (Å²) < 4.78 is 49.3. The molecule has 0 heterocycles.